The molecule has 1 aromatic carbocycles. The lowest BCUT2D eigenvalue weighted by molar-refractivity contribution is -0.112. The van der Waals surface area contributed by atoms with Gasteiger partial charge in [-0.2, -0.15) is 0 Å². The van der Waals surface area contributed by atoms with Crippen molar-refractivity contribution >= 4 is 27.8 Å². The van der Waals surface area contributed by atoms with Crippen molar-refractivity contribution < 1.29 is 9.53 Å². The molecule has 0 saturated carbocycles. The van der Waals surface area contributed by atoms with Crippen LogP contribution in [-0.2, 0) is 4.79 Å². The number of ketones is 1. The summed E-state index contributed by atoms with van der Waals surface area (Å²) in [7, 11) is 0. The Balaban J connectivity index is 2.63. The molecule has 0 N–H and O–H groups in total. The molecule has 0 atom stereocenters. The Bertz CT molecular complexity index is 438. The molecule has 0 aliphatic rings. The molecular formula is C16H21BrO2. The van der Waals surface area contributed by atoms with Crippen LogP contribution in [0.4, 0.5) is 0 Å². The molecule has 0 spiro atoms. The summed E-state index contributed by atoms with van der Waals surface area (Å²) in [6.45, 7) is 4.46. The Morgan fingerprint density at radius 2 is 2.11 bits per heavy atom. The van der Waals surface area contributed by atoms with Gasteiger partial charge in [-0.05, 0) is 43.7 Å². The van der Waals surface area contributed by atoms with Gasteiger partial charge in [-0.25, -0.2) is 0 Å². The van der Waals surface area contributed by atoms with Crippen LogP contribution in [0, 0.1) is 0 Å². The molecule has 0 radical (unpaired) electrons. The Labute approximate surface area is 124 Å². The third-order valence-corrected chi connectivity index (χ3v) is 3.22. The van der Waals surface area contributed by atoms with E-state index >= 15 is 0 Å². The minimum Gasteiger partial charge on any atom is -0.493 e. The van der Waals surface area contributed by atoms with Gasteiger partial charge < -0.3 is 4.74 Å². The standard InChI is InChI=1S/C16H21BrO2/c1-3-4-5-6-11-19-16-10-9-15(17)12-14(16)8-7-13(2)18/h7-10,12H,3-6,11H2,1-2H3. The van der Waals surface area contributed by atoms with E-state index in [1.165, 1.54) is 19.3 Å². The van der Waals surface area contributed by atoms with Crippen LogP contribution in [0.25, 0.3) is 6.08 Å². The molecule has 0 aliphatic carbocycles. The number of hydrogen-bond donors (Lipinski definition) is 0. The zero-order valence-corrected chi connectivity index (χ0v) is 13.2. The fourth-order valence-corrected chi connectivity index (χ4v) is 2.08. The second kappa shape index (κ2) is 8.92. The highest BCUT2D eigenvalue weighted by atomic mass is 79.9. The predicted molar refractivity (Wildman–Crippen MR) is 83.5 cm³/mol. The first-order valence-corrected chi connectivity index (χ1v) is 7.53. The lowest BCUT2D eigenvalue weighted by atomic mass is 10.1. The first kappa shape index (κ1) is 16.0. The molecule has 1 aromatic rings. The molecule has 19 heavy (non-hydrogen) atoms. The van der Waals surface area contributed by atoms with Crippen molar-refractivity contribution in [2.24, 2.45) is 0 Å². The van der Waals surface area contributed by atoms with Crippen molar-refractivity contribution in [3.8, 4) is 5.75 Å². The highest BCUT2D eigenvalue weighted by Crippen LogP contribution is 2.24. The summed E-state index contributed by atoms with van der Waals surface area (Å²) in [6, 6.07) is 5.84. The number of unbranched alkanes of at least 4 members (excludes halogenated alkanes) is 3. The van der Waals surface area contributed by atoms with Crippen LogP contribution in [0.1, 0.15) is 45.1 Å². The summed E-state index contributed by atoms with van der Waals surface area (Å²) >= 11 is 3.43. The number of ether oxygens (including phenoxy) is 1. The van der Waals surface area contributed by atoms with Crippen LogP contribution < -0.4 is 4.74 Å². The van der Waals surface area contributed by atoms with E-state index in [0.29, 0.717) is 0 Å². The maximum atomic E-state index is 11.0. The van der Waals surface area contributed by atoms with Gasteiger partial charge in [-0.3, -0.25) is 4.79 Å². The molecule has 3 heteroatoms. The second-order valence-corrected chi connectivity index (χ2v) is 5.45. The fraction of sp³-hybridized carbons (Fsp3) is 0.438. The highest BCUT2D eigenvalue weighted by Gasteiger charge is 2.02. The Morgan fingerprint density at radius 1 is 1.32 bits per heavy atom. The van der Waals surface area contributed by atoms with Crippen LogP contribution in [0.2, 0.25) is 0 Å². The van der Waals surface area contributed by atoms with Crippen LogP contribution >= 0.6 is 15.9 Å². The van der Waals surface area contributed by atoms with Crippen molar-refractivity contribution in [3.63, 3.8) is 0 Å². The smallest absolute Gasteiger partial charge is 0.152 e. The van der Waals surface area contributed by atoms with Crippen LogP contribution in [0.5, 0.6) is 5.75 Å². The van der Waals surface area contributed by atoms with E-state index in [9.17, 15) is 4.79 Å². The summed E-state index contributed by atoms with van der Waals surface area (Å²) in [5.41, 5.74) is 0.931. The van der Waals surface area contributed by atoms with Gasteiger partial charge in [0.2, 0.25) is 0 Å². The Hall–Kier alpha value is -1.09. The maximum absolute atomic E-state index is 11.0. The number of benzene rings is 1. The number of hydrogen-bond acceptors (Lipinski definition) is 2. The summed E-state index contributed by atoms with van der Waals surface area (Å²) in [5, 5.41) is 0. The molecule has 1 rings (SSSR count). The zero-order chi connectivity index (χ0) is 14.1. The maximum Gasteiger partial charge on any atom is 0.152 e. The van der Waals surface area contributed by atoms with Crippen LogP contribution in [0.3, 0.4) is 0 Å². The molecule has 0 bridgehead atoms. The number of carbonyl (C=O) groups excluding carboxylic acids is 1. The number of carbonyl (C=O) groups is 1. The highest BCUT2D eigenvalue weighted by molar-refractivity contribution is 9.10. The molecule has 2 nitrogen and oxygen atoms in total. The monoisotopic (exact) mass is 324 g/mol. The lowest BCUT2D eigenvalue weighted by Gasteiger charge is -2.09. The van der Waals surface area contributed by atoms with E-state index in [2.05, 4.69) is 22.9 Å². The summed E-state index contributed by atoms with van der Waals surface area (Å²) in [4.78, 5) is 11.0. The molecule has 0 unspecified atom stereocenters. The average Bonchev–Trinajstić information content (AvgIpc) is 2.38. The van der Waals surface area contributed by atoms with Crippen molar-refractivity contribution in [3.05, 3.63) is 34.3 Å². The molecule has 0 heterocycles. The molecule has 0 aromatic heterocycles. The lowest BCUT2D eigenvalue weighted by Crippen LogP contribution is -1.99. The second-order valence-electron chi connectivity index (χ2n) is 4.54. The third kappa shape index (κ3) is 6.58. The van der Waals surface area contributed by atoms with Crippen LogP contribution in [-0.4, -0.2) is 12.4 Å². The minimum atomic E-state index is 0.0360. The molecule has 0 aliphatic heterocycles. The Kier molecular flexibility index (Phi) is 7.49. The van der Waals surface area contributed by atoms with Gasteiger partial charge >= 0.3 is 0 Å². The van der Waals surface area contributed by atoms with Crippen molar-refractivity contribution in [1.82, 2.24) is 0 Å². The topological polar surface area (TPSA) is 26.3 Å². The summed E-state index contributed by atoms with van der Waals surface area (Å²) < 4.78 is 6.77. The van der Waals surface area contributed by atoms with Gasteiger partial charge in [0.25, 0.3) is 0 Å². The first-order valence-electron chi connectivity index (χ1n) is 6.74. The van der Waals surface area contributed by atoms with Gasteiger partial charge in [-0.1, -0.05) is 42.1 Å². The van der Waals surface area contributed by atoms with Crippen molar-refractivity contribution in [2.75, 3.05) is 6.61 Å². The van der Waals surface area contributed by atoms with Gasteiger partial charge in [0.05, 0.1) is 6.61 Å². The van der Waals surface area contributed by atoms with E-state index in [1.54, 1.807) is 19.1 Å². The fourth-order valence-electron chi connectivity index (χ4n) is 1.70. The summed E-state index contributed by atoms with van der Waals surface area (Å²) in [5.74, 6) is 0.867. The van der Waals surface area contributed by atoms with Gasteiger partial charge in [0.15, 0.2) is 5.78 Å². The summed E-state index contributed by atoms with van der Waals surface area (Å²) in [6.07, 6.45) is 8.11. The molecule has 0 saturated heterocycles. The van der Waals surface area contributed by atoms with Gasteiger partial charge in [-0.15, -0.1) is 0 Å². The first-order chi connectivity index (χ1) is 9.13. The number of halogens is 1. The van der Waals surface area contributed by atoms with Crippen LogP contribution in [0.15, 0.2) is 28.7 Å². The van der Waals surface area contributed by atoms with E-state index < -0.39 is 0 Å². The van der Waals surface area contributed by atoms with Gasteiger partial charge in [0.1, 0.15) is 5.75 Å². The minimum absolute atomic E-state index is 0.0360. The van der Waals surface area contributed by atoms with Crippen molar-refractivity contribution in [2.45, 2.75) is 39.5 Å². The molecular weight excluding hydrogens is 304 g/mol. The van der Waals surface area contributed by atoms with E-state index in [-0.39, 0.29) is 5.78 Å². The van der Waals surface area contributed by atoms with E-state index in [0.717, 1.165) is 28.8 Å². The normalized spacial score (nSPS) is 10.9. The molecule has 0 amide bonds. The molecule has 0 fully saturated rings. The van der Waals surface area contributed by atoms with Gasteiger partial charge in [0, 0.05) is 10.0 Å². The third-order valence-electron chi connectivity index (χ3n) is 2.72. The predicted octanol–water partition coefficient (Wildman–Crippen LogP) is 5.01. The van der Waals surface area contributed by atoms with Crippen molar-refractivity contribution in [1.29, 1.82) is 0 Å². The number of allylic oxidation sites excluding steroid dienone is 1. The number of rotatable bonds is 8. The molecule has 104 valence electrons. The van der Waals surface area contributed by atoms with E-state index in [1.807, 2.05) is 18.2 Å². The SMILES string of the molecule is CCCCCCOc1ccc(Br)cc1C=CC(C)=O. The zero-order valence-electron chi connectivity index (χ0n) is 11.6. The largest absolute Gasteiger partial charge is 0.493 e. The average molecular weight is 325 g/mol. The van der Waals surface area contributed by atoms with E-state index in [4.69, 9.17) is 4.74 Å². The Morgan fingerprint density at radius 3 is 2.79 bits per heavy atom. The quantitative estimate of drug-likeness (QED) is 0.496.